The average molecular weight is 283 g/mol. The molecule has 5 nitrogen and oxygen atoms in total. The molecule has 1 rings (SSSR count). The maximum atomic E-state index is 11.1. The normalized spacial score (nSPS) is 24.6. The second-order valence-electron chi connectivity index (χ2n) is 4.95. The van der Waals surface area contributed by atoms with Gasteiger partial charge in [-0.15, -0.1) is 0 Å². The smallest absolute Gasteiger partial charge is 0.287 e. The highest BCUT2D eigenvalue weighted by atomic mass is 16.6. The summed E-state index contributed by atoms with van der Waals surface area (Å²) in [7, 11) is 1.67. The van der Waals surface area contributed by atoms with Crippen molar-refractivity contribution >= 4 is 0 Å². The minimum Gasteiger partial charge on any atom is -0.481 e. The van der Waals surface area contributed by atoms with E-state index in [-0.39, 0.29) is 22.8 Å². The molecule has 0 radical (unpaired) electrons. The van der Waals surface area contributed by atoms with Gasteiger partial charge in [-0.2, -0.15) is 0 Å². The van der Waals surface area contributed by atoms with Gasteiger partial charge >= 0.3 is 0 Å². The number of allylic oxidation sites excluding steroid dienone is 3. The van der Waals surface area contributed by atoms with E-state index in [0.717, 1.165) is 32.1 Å². The highest BCUT2D eigenvalue weighted by molar-refractivity contribution is 5.16. The summed E-state index contributed by atoms with van der Waals surface area (Å²) < 4.78 is 11.4. The maximum absolute atomic E-state index is 11.1. The van der Waals surface area contributed by atoms with Gasteiger partial charge < -0.3 is 9.47 Å². The minimum atomic E-state index is -0.347. The Morgan fingerprint density at radius 1 is 1.30 bits per heavy atom. The van der Waals surface area contributed by atoms with Crippen LogP contribution < -0.4 is 0 Å². The molecular formula is C15H25NO4. The van der Waals surface area contributed by atoms with Gasteiger partial charge in [-0.25, -0.2) is 0 Å². The summed E-state index contributed by atoms with van der Waals surface area (Å²) in [5.41, 5.74) is 0.134. The fourth-order valence-corrected chi connectivity index (χ4v) is 2.45. The van der Waals surface area contributed by atoms with Gasteiger partial charge in [0, 0.05) is 13.5 Å². The number of methoxy groups -OCH3 is 1. The van der Waals surface area contributed by atoms with E-state index in [2.05, 4.69) is 0 Å². The topological polar surface area (TPSA) is 61.6 Å². The van der Waals surface area contributed by atoms with E-state index in [4.69, 9.17) is 9.47 Å². The summed E-state index contributed by atoms with van der Waals surface area (Å²) >= 11 is 0. The highest BCUT2D eigenvalue weighted by Crippen LogP contribution is 2.27. The fourth-order valence-electron chi connectivity index (χ4n) is 2.45. The maximum Gasteiger partial charge on any atom is 0.287 e. The molecule has 1 unspecified atom stereocenters. The van der Waals surface area contributed by atoms with Gasteiger partial charge in [-0.3, -0.25) is 10.1 Å². The van der Waals surface area contributed by atoms with Crippen LogP contribution in [-0.4, -0.2) is 24.2 Å². The van der Waals surface area contributed by atoms with Crippen molar-refractivity contribution in [2.45, 2.75) is 64.6 Å². The van der Waals surface area contributed by atoms with Crippen molar-refractivity contribution in [2.75, 3.05) is 7.11 Å². The molecule has 0 aromatic carbocycles. The number of ether oxygens (including phenoxy) is 2. The van der Waals surface area contributed by atoms with Crippen molar-refractivity contribution in [3.63, 3.8) is 0 Å². The van der Waals surface area contributed by atoms with Crippen LogP contribution in [0.4, 0.5) is 0 Å². The van der Waals surface area contributed by atoms with Crippen LogP contribution in [0.15, 0.2) is 23.6 Å². The average Bonchev–Trinajstić information content (AvgIpc) is 2.45. The number of rotatable bonds is 7. The molecule has 5 heteroatoms. The largest absolute Gasteiger partial charge is 0.481 e. The van der Waals surface area contributed by atoms with Gasteiger partial charge in [0.25, 0.3) is 5.70 Å². The Bertz CT molecular complexity index is 376. The SMILES string of the molecule is CC/C=C\C(OC1CCCC[C@@H]1OC)=C(/CC)[N+](=O)[O-]. The van der Waals surface area contributed by atoms with Gasteiger partial charge in [-0.05, 0) is 31.8 Å². The highest BCUT2D eigenvalue weighted by Gasteiger charge is 2.29. The van der Waals surface area contributed by atoms with Gasteiger partial charge in [-0.1, -0.05) is 26.3 Å². The summed E-state index contributed by atoms with van der Waals surface area (Å²) in [5, 5.41) is 11.1. The van der Waals surface area contributed by atoms with Gasteiger partial charge in [0.2, 0.25) is 0 Å². The molecule has 0 bridgehead atoms. The lowest BCUT2D eigenvalue weighted by Crippen LogP contribution is -2.34. The molecular weight excluding hydrogens is 258 g/mol. The van der Waals surface area contributed by atoms with Crippen LogP contribution in [-0.2, 0) is 9.47 Å². The first-order valence-corrected chi connectivity index (χ1v) is 7.37. The zero-order valence-corrected chi connectivity index (χ0v) is 12.6. The van der Waals surface area contributed by atoms with Crippen LogP contribution in [0, 0.1) is 10.1 Å². The third-order valence-electron chi connectivity index (χ3n) is 3.57. The van der Waals surface area contributed by atoms with E-state index in [1.807, 2.05) is 13.0 Å². The van der Waals surface area contributed by atoms with Crippen molar-refractivity contribution in [3.8, 4) is 0 Å². The Balaban J connectivity index is 2.93. The Kier molecular flexibility index (Phi) is 7.30. The van der Waals surface area contributed by atoms with Crippen molar-refractivity contribution in [2.24, 2.45) is 0 Å². The van der Waals surface area contributed by atoms with Gasteiger partial charge in [0.05, 0.1) is 11.0 Å². The van der Waals surface area contributed by atoms with Crippen LogP contribution in [0.1, 0.15) is 52.4 Å². The molecule has 0 heterocycles. The Morgan fingerprint density at radius 2 is 1.95 bits per heavy atom. The van der Waals surface area contributed by atoms with Gasteiger partial charge in [0.15, 0.2) is 5.76 Å². The molecule has 0 aromatic rings. The van der Waals surface area contributed by atoms with E-state index in [1.54, 1.807) is 20.1 Å². The Labute approximate surface area is 120 Å². The second-order valence-corrected chi connectivity index (χ2v) is 4.95. The van der Waals surface area contributed by atoms with E-state index in [0.29, 0.717) is 12.2 Å². The molecule has 0 saturated heterocycles. The van der Waals surface area contributed by atoms with Crippen molar-refractivity contribution in [1.82, 2.24) is 0 Å². The lowest BCUT2D eigenvalue weighted by Gasteiger charge is -2.30. The summed E-state index contributed by atoms with van der Waals surface area (Å²) in [4.78, 5) is 10.8. The molecule has 1 fully saturated rings. The van der Waals surface area contributed by atoms with Crippen molar-refractivity contribution < 1.29 is 14.4 Å². The molecule has 0 aliphatic heterocycles. The molecule has 1 aliphatic carbocycles. The lowest BCUT2D eigenvalue weighted by molar-refractivity contribution is -0.430. The molecule has 20 heavy (non-hydrogen) atoms. The molecule has 1 aliphatic rings. The van der Waals surface area contributed by atoms with Crippen LogP contribution >= 0.6 is 0 Å². The van der Waals surface area contributed by atoms with E-state index < -0.39 is 0 Å². The number of nitro groups is 1. The molecule has 1 saturated carbocycles. The Morgan fingerprint density at radius 3 is 2.45 bits per heavy atom. The third-order valence-corrected chi connectivity index (χ3v) is 3.57. The molecule has 0 N–H and O–H groups in total. The molecule has 0 spiro atoms. The van der Waals surface area contributed by atoms with Crippen molar-refractivity contribution in [1.29, 1.82) is 0 Å². The zero-order valence-electron chi connectivity index (χ0n) is 12.6. The molecule has 0 amide bonds. The second kappa shape index (κ2) is 8.74. The van der Waals surface area contributed by atoms with Gasteiger partial charge in [0.1, 0.15) is 6.10 Å². The van der Waals surface area contributed by atoms with E-state index >= 15 is 0 Å². The number of nitrogens with zero attached hydrogens (tertiary/aromatic N) is 1. The van der Waals surface area contributed by atoms with E-state index in [9.17, 15) is 10.1 Å². The first kappa shape index (κ1) is 16.7. The standard InChI is InChI=1S/C15H25NO4/c1-4-6-9-13(12(5-2)16(17)18)20-15-11-8-7-10-14(15)19-3/h6,9,14-15H,4-5,7-8,10-11H2,1-3H3/b9-6-,13-12-/t14-,15?/m0/s1. The summed E-state index contributed by atoms with van der Waals surface area (Å²) in [6, 6.07) is 0. The fraction of sp³-hybridized carbons (Fsp3) is 0.733. The first-order valence-electron chi connectivity index (χ1n) is 7.37. The summed E-state index contributed by atoms with van der Waals surface area (Å²) in [6.45, 7) is 3.76. The monoisotopic (exact) mass is 283 g/mol. The predicted molar refractivity (Wildman–Crippen MR) is 77.9 cm³/mol. The molecule has 2 atom stereocenters. The number of hydrogen-bond donors (Lipinski definition) is 0. The quantitative estimate of drug-likeness (QED) is 0.308. The predicted octanol–water partition coefficient (Wildman–Crippen LogP) is 3.83. The number of hydrogen-bond acceptors (Lipinski definition) is 4. The van der Waals surface area contributed by atoms with Crippen LogP contribution in [0.25, 0.3) is 0 Å². The molecule has 0 aromatic heterocycles. The van der Waals surface area contributed by atoms with Crippen LogP contribution in [0.2, 0.25) is 0 Å². The zero-order chi connectivity index (χ0) is 15.0. The van der Waals surface area contributed by atoms with E-state index in [1.165, 1.54) is 0 Å². The first-order chi connectivity index (χ1) is 9.63. The van der Waals surface area contributed by atoms with Crippen molar-refractivity contribution in [3.05, 3.63) is 33.7 Å². The van der Waals surface area contributed by atoms with Crippen LogP contribution in [0.5, 0.6) is 0 Å². The van der Waals surface area contributed by atoms with Crippen LogP contribution in [0.3, 0.4) is 0 Å². The lowest BCUT2D eigenvalue weighted by atomic mass is 9.94. The summed E-state index contributed by atoms with van der Waals surface area (Å²) in [5.74, 6) is 0.383. The molecule has 114 valence electrons. The minimum absolute atomic E-state index is 0.0265. The summed E-state index contributed by atoms with van der Waals surface area (Å²) in [6.07, 6.45) is 8.75. The third kappa shape index (κ3) is 4.63. The Hall–Kier alpha value is -1.36.